The standard InChI is InChI=1S/C28H32ClN3O4S/c1-5-30-28(34)22(4)31(18-23-9-7-10-24(29)17-23)27(33)19-32(25-11-6-8-21(3)16-25)37(35,36)26-14-12-20(2)13-15-26/h6-17,22H,5,18-19H2,1-4H3,(H,30,34)/t22-/m1/s1. The Morgan fingerprint density at radius 2 is 1.62 bits per heavy atom. The number of halogens is 1. The van der Waals surface area contributed by atoms with Crippen molar-refractivity contribution in [3.8, 4) is 0 Å². The van der Waals surface area contributed by atoms with E-state index in [0.717, 1.165) is 21.0 Å². The van der Waals surface area contributed by atoms with Crippen molar-refractivity contribution in [3.63, 3.8) is 0 Å². The lowest BCUT2D eigenvalue weighted by atomic mass is 10.1. The fourth-order valence-electron chi connectivity index (χ4n) is 3.89. The van der Waals surface area contributed by atoms with Crippen LogP contribution in [0, 0.1) is 13.8 Å². The minimum atomic E-state index is -4.09. The van der Waals surface area contributed by atoms with E-state index in [-0.39, 0.29) is 17.3 Å². The lowest BCUT2D eigenvalue weighted by molar-refractivity contribution is -0.139. The Balaban J connectivity index is 2.03. The third kappa shape index (κ3) is 7.11. The van der Waals surface area contributed by atoms with Gasteiger partial charge in [0.15, 0.2) is 0 Å². The van der Waals surface area contributed by atoms with Crippen LogP contribution in [-0.2, 0) is 26.2 Å². The highest BCUT2D eigenvalue weighted by molar-refractivity contribution is 7.92. The van der Waals surface area contributed by atoms with Crippen LogP contribution in [-0.4, -0.2) is 44.3 Å². The van der Waals surface area contributed by atoms with Crippen LogP contribution < -0.4 is 9.62 Å². The van der Waals surface area contributed by atoms with Gasteiger partial charge in [-0.05, 0) is 75.2 Å². The zero-order valence-corrected chi connectivity index (χ0v) is 23.0. The van der Waals surface area contributed by atoms with Crippen molar-refractivity contribution < 1.29 is 18.0 Å². The van der Waals surface area contributed by atoms with Gasteiger partial charge < -0.3 is 10.2 Å². The molecule has 2 amide bonds. The average Bonchev–Trinajstić information content (AvgIpc) is 2.85. The SMILES string of the molecule is CCNC(=O)[C@@H](C)N(Cc1cccc(Cl)c1)C(=O)CN(c1cccc(C)c1)S(=O)(=O)c1ccc(C)cc1. The molecule has 0 saturated heterocycles. The number of hydrogen-bond acceptors (Lipinski definition) is 4. The van der Waals surface area contributed by atoms with E-state index in [9.17, 15) is 18.0 Å². The minimum Gasteiger partial charge on any atom is -0.355 e. The summed E-state index contributed by atoms with van der Waals surface area (Å²) in [6.45, 7) is 7.15. The summed E-state index contributed by atoms with van der Waals surface area (Å²) < 4.78 is 28.7. The fourth-order valence-corrected chi connectivity index (χ4v) is 5.50. The van der Waals surface area contributed by atoms with Gasteiger partial charge >= 0.3 is 0 Å². The topological polar surface area (TPSA) is 86.8 Å². The minimum absolute atomic E-state index is 0.0746. The maximum atomic E-state index is 13.8. The maximum absolute atomic E-state index is 13.8. The first-order valence-electron chi connectivity index (χ1n) is 12.0. The largest absolute Gasteiger partial charge is 0.355 e. The number of carbonyl (C=O) groups is 2. The summed E-state index contributed by atoms with van der Waals surface area (Å²) in [5, 5.41) is 3.24. The second-order valence-corrected chi connectivity index (χ2v) is 11.2. The summed E-state index contributed by atoms with van der Waals surface area (Å²) in [4.78, 5) is 28.0. The number of likely N-dealkylation sites (N-methyl/N-ethyl adjacent to an activating group) is 1. The van der Waals surface area contributed by atoms with Crippen LogP contribution in [0.4, 0.5) is 5.69 Å². The number of amides is 2. The molecule has 9 heteroatoms. The van der Waals surface area contributed by atoms with Gasteiger partial charge in [-0.2, -0.15) is 0 Å². The highest BCUT2D eigenvalue weighted by Crippen LogP contribution is 2.26. The molecular formula is C28H32ClN3O4S. The van der Waals surface area contributed by atoms with Gasteiger partial charge in [-0.1, -0.05) is 53.6 Å². The predicted octanol–water partition coefficient (Wildman–Crippen LogP) is 4.71. The molecule has 1 atom stereocenters. The Hall–Kier alpha value is -3.36. The number of hydrogen-bond donors (Lipinski definition) is 1. The molecule has 1 N–H and O–H groups in total. The molecule has 37 heavy (non-hydrogen) atoms. The molecule has 0 aromatic heterocycles. The highest BCUT2D eigenvalue weighted by Gasteiger charge is 2.32. The summed E-state index contributed by atoms with van der Waals surface area (Å²) in [6, 6.07) is 19.6. The number of carbonyl (C=O) groups excluding carboxylic acids is 2. The molecule has 0 heterocycles. The van der Waals surface area contributed by atoms with E-state index >= 15 is 0 Å². The smallest absolute Gasteiger partial charge is 0.264 e. The van der Waals surface area contributed by atoms with Gasteiger partial charge in [-0.15, -0.1) is 0 Å². The van der Waals surface area contributed by atoms with E-state index in [2.05, 4.69) is 5.32 Å². The monoisotopic (exact) mass is 541 g/mol. The van der Waals surface area contributed by atoms with E-state index < -0.39 is 28.5 Å². The van der Waals surface area contributed by atoms with Crippen molar-refractivity contribution >= 4 is 39.1 Å². The first-order valence-corrected chi connectivity index (χ1v) is 13.8. The second-order valence-electron chi connectivity index (χ2n) is 8.89. The van der Waals surface area contributed by atoms with Gasteiger partial charge in [0.1, 0.15) is 12.6 Å². The van der Waals surface area contributed by atoms with Crippen LogP contribution in [0.3, 0.4) is 0 Å². The summed E-state index contributed by atoms with van der Waals surface area (Å²) >= 11 is 6.15. The third-order valence-electron chi connectivity index (χ3n) is 5.94. The molecule has 0 saturated carbocycles. The molecule has 0 aliphatic heterocycles. The van der Waals surface area contributed by atoms with Gasteiger partial charge in [0.25, 0.3) is 10.0 Å². The molecular weight excluding hydrogens is 510 g/mol. The van der Waals surface area contributed by atoms with Crippen LogP contribution in [0.15, 0.2) is 77.7 Å². The quantitative estimate of drug-likeness (QED) is 0.403. The van der Waals surface area contributed by atoms with E-state index in [1.165, 1.54) is 17.0 Å². The Bertz CT molecular complexity index is 1360. The summed E-state index contributed by atoms with van der Waals surface area (Å²) in [7, 11) is -4.09. The van der Waals surface area contributed by atoms with Crippen molar-refractivity contribution in [1.82, 2.24) is 10.2 Å². The lowest BCUT2D eigenvalue weighted by Crippen LogP contribution is -2.51. The van der Waals surface area contributed by atoms with Crippen LogP contribution in [0.5, 0.6) is 0 Å². The van der Waals surface area contributed by atoms with Gasteiger partial charge in [-0.25, -0.2) is 8.42 Å². The van der Waals surface area contributed by atoms with Gasteiger partial charge in [-0.3, -0.25) is 13.9 Å². The molecule has 0 aliphatic rings. The summed E-state index contributed by atoms with van der Waals surface area (Å²) in [6.07, 6.45) is 0. The average molecular weight is 542 g/mol. The first-order chi connectivity index (χ1) is 17.5. The molecule has 7 nitrogen and oxygen atoms in total. The number of benzene rings is 3. The maximum Gasteiger partial charge on any atom is 0.264 e. The molecule has 0 spiro atoms. The highest BCUT2D eigenvalue weighted by atomic mass is 35.5. The number of anilines is 1. The van der Waals surface area contributed by atoms with Crippen LogP contribution in [0.1, 0.15) is 30.5 Å². The summed E-state index contributed by atoms with van der Waals surface area (Å²) in [5.74, 6) is -0.850. The molecule has 3 aromatic carbocycles. The fraction of sp³-hybridized carbons (Fsp3) is 0.286. The molecule has 3 aromatic rings. The Kier molecular flexibility index (Phi) is 9.34. The first kappa shape index (κ1) is 28.2. The van der Waals surface area contributed by atoms with Crippen molar-refractivity contribution in [1.29, 1.82) is 0 Å². The lowest BCUT2D eigenvalue weighted by Gasteiger charge is -2.32. The zero-order valence-electron chi connectivity index (χ0n) is 21.4. The van der Waals surface area contributed by atoms with E-state index in [1.807, 2.05) is 19.9 Å². The summed E-state index contributed by atoms with van der Waals surface area (Å²) in [5.41, 5.74) is 2.85. The van der Waals surface area contributed by atoms with Gasteiger partial charge in [0.05, 0.1) is 10.6 Å². The van der Waals surface area contributed by atoms with Crippen LogP contribution in [0.25, 0.3) is 0 Å². The van der Waals surface area contributed by atoms with Gasteiger partial charge in [0, 0.05) is 18.1 Å². The predicted molar refractivity (Wildman–Crippen MR) is 147 cm³/mol. The normalized spacial score (nSPS) is 12.0. The molecule has 0 unspecified atom stereocenters. The number of sulfonamides is 1. The number of rotatable bonds is 10. The Labute approximate surface area is 224 Å². The van der Waals surface area contributed by atoms with E-state index in [0.29, 0.717) is 17.3 Å². The molecule has 0 aliphatic carbocycles. The van der Waals surface area contributed by atoms with Crippen LogP contribution in [0.2, 0.25) is 5.02 Å². The van der Waals surface area contributed by atoms with Crippen molar-refractivity contribution in [2.24, 2.45) is 0 Å². The van der Waals surface area contributed by atoms with Crippen molar-refractivity contribution in [2.75, 3.05) is 17.4 Å². The number of aryl methyl sites for hydroxylation is 2. The zero-order chi connectivity index (χ0) is 27.2. The van der Waals surface area contributed by atoms with Crippen LogP contribution >= 0.6 is 11.6 Å². The van der Waals surface area contributed by atoms with Crippen molar-refractivity contribution in [2.45, 2.75) is 45.2 Å². The second kappa shape index (κ2) is 12.3. The van der Waals surface area contributed by atoms with Crippen molar-refractivity contribution in [3.05, 3.63) is 94.5 Å². The molecule has 196 valence electrons. The third-order valence-corrected chi connectivity index (χ3v) is 7.96. The number of nitrogens with zero attached hydrogens (tertiary/aromatic N) is 2. The molecule has 0 radical (unpaired) electrons. The molecule has 0 fully saturated rings. The van der Waals surface area contributed by atoms with Gasteiger partial charge in [0.2, 0.25) is 11.8 Å². The molecule has 3 rings (SSSR count). The van der Waals surface area contributed by atoms with E-state index in [4.69, 9.17) is 11.6 Å². The Morgan fingerprint density at radius 1 is 0.946 bits per heavy atom. The number of nitrogens with one attached hydrogen (secondary N) is 1. The Morgan fingerprint density at radius 3 is 2.24 bits per heavy atom. The molecule has 0 bridgehead atoms. The van der Waals surface area contributed by atoms with E-state index in [1.54, 1.807) is 68.4 Å².